The van der Waals surface area contributed by atoms with E-state index in [4.69, 9.17) is 20.9 Å². The van der Waals surface area contributed by atoms with Crippen LogP contribution in [-0.2, 0) is 4.79 Å². The lowest BCUT2D eigenvalue weighted by molar-refractivity contribution is -0.141. The molecule has 0 amide bonds. The summed E-state index contributed by atoms with van der Waals surface area (Å²) in [6.07, 6.45) is 2.24. The van der Waals surface area contributed by atoms with Gasteiger partial charge >= 0.3 is 5.97 Å². The normalized spacial score (nSPS) is 18.2. The molecular formula is C24H26ClN3O4. The Morgan fingerprint density at radius 2 is 2.06 bits per heavy atom. The first kappa shape index (κ1) is 22.1. The Bertz CT molecular complexity index is 1130. The van der Waals surface area contributed by atoms with Crippen molar-refractivity contribution in [2.45, 2.75) is 52.2 Å². The van der Waals surface area contributed by atoms with Crippen molar-refractivity contribution in [1.82, 2.24) is 10.1 Å². The third kappa shape index (κ3) is 4.88. The summed E-state index contributed by atoms with van der Waals surface area (Å²) >= 11 is 6.33. The van der Waals surface area contributed by atoms with E-state index in [0.717, 1.165) is 28.8 Å². The first-order chi connectivity index (χ1) is 15.3. The lowest BCUT2D eigenvalue weighted by Crippen LogP contribution is -2.17. The monoisotopic (exact) mass is 455 g/mol. The van der Waals surface area contributed by atoms with Crippen LogP contribution < -0.4 is 10.1 Å². The number of aromatic nitrogens is 2. The second-order valence-electron chi connectivity index (χ2n) is 8.45. The summed E-state index contributed by atoms with van der Waals surface area (Å²) in [5.41, 5.74) is 3.54. The largest absolute Gasteiger partial charge is 0.489 e. The van der Waals surface area contributed by atoms with Gasteiger partial charge in [0.1, 0.15) is 5.75 Å². The van der Waals surface area contributed by atoms with Crippen molar-refractivity contribution in [2.75, 3.05) is 5.32 Å². The lowest BCUT2D eigenvalue weighted by atomic mass is 10.1. The summed E-state index contributed by atoms with van der Waals surface area (Å²) in [4.78, 5) is 15.7. The Morgan fingerprint density at radius 1 is 1.25 bits per heavy atom. The van der Waals surface area contributed by atoms with Crippen molar-refractivity contribution in [2.24, 2.45) is 5.92 Å². The predicted molar refractivity (Wildman–Crippen MR) is 123 cm³/mol. The Labute approximate surface area is 191 Å². The first-order valence-corrected chi connectivity index (χ1v) is 11.1. The summed E-state index contributed by atoms with van der Waals surface area (Å²) in [6, 6.07) is 11.5. The molecular weight excluding hydrogens is 430 g/mol. The van der Waals surface area contributed by atoms with Gasteiger partial charge in [-0.25, -0.2) is 0 Å². The van der Waals surface area contributed by atoms with Crippen LogP contribution in [0.3, 0.4) is 0 Å². The van der Waals surface area contributed by atoms with Crippen LogP contribution in [0.2, 0.25) is 5.02 Å². The summed E-state index contributed by atoms with van der Waals surface area (Å²) in [5.74, 6) is 0.517. The van der Waals surface area contributed by atoms with E-state index in [-0.39, 0.29) is 18.1 Å². The number of carboxylic acid groups (broad SMARTS) is 1. The van der Waals surface area contributed by atoms with Crippen LogP contribution in [0.4, 0.5) is 5.69 Å². The number of aryl methyl sites for hydroxylation is 1. The van der Waals surface area contributed by atoms with Crippen LogP contribution in [0.5, 0.6) is 5.75 Å². The Kier molecular flexibility index (Phi) is 6.37. The average Bonchev–Trinajstić information content (AvgIpc) is 3.39. The Morgan fingerprint density at radius 3 is 2.72 bits per heavy atom. The van der Waals surface area contributed by atoms with E-state index in [0.29, 0.717) is 35.3 Å². The molecule has 2 atom stereocenters. The van der Waals surface area contributed by atoms with Crippen molar-refractivity contribution >= 4 is 23.3 Å². The molecule has 168 valence electrons. The number of benzene rings is 2. The average molecular weight is 456 g/mol. The molecule has 3 aromatic rings. The highest BCUT2D eigenvalue weighted by molar-refractivity contribution is 6.32. The fourth-order valence-corrected chi connectivity index (χ4v) is 4.24. The third-order valence-electron chi connectivity index (χ3n) is 5.59. The van der Waals surface area contributed by atoms with Crippen molar-refractivity contribution in [3.05, 3.63) is 47.0 Å². The van der Waals surface area contributed by atoms with Crippen LogP contribution in [-0.4, -0.2) is 33.4 Å². The zero-order valence-electron chi connectivity index (χ0n) is 18.3. The number of nitrogens with one attached hydrogen (secondary N) is 1. The molecule has 1 aromatic heterocycles. The standard InChI is InChI=1S/C24H26ClN3O4/c1-13(2)31-21-9-5-15(12-20(21)25)23-27-22(28-32-23)19-8-7-17(10-14(19)3)26-18-6-4-16(11-18)24(29)30/h5,7-10,12-13,16,18,26H,4,6,11H2,1-3H3,(H,29,30)/t16-,18?/m0/s1. The topological polar surface area (TPSA) is 97.5 Å². The van der Waals surface area contributed by atoms with Crippen molar-refractivity contribution in [1.29, 1.82) is 0 Å². The van der Waals surface area contributed by atoms with E-state index < -0.39 is 5.97 Å². The third-order valence-corrected chi connectivity index (χ3v) is 5.88. The molecule has 1 aliphatic carbocycles. The summed E-state index contributed by atoms with van der Waals surface area (Å²) < 4.78 is 11.1. The molecule has 1 fully saturated rings. The molecule has 1 unspecified atom stereocenters. The van der Waals surface area contributed by atoms with Gasteiger partial charge in [-0.05, 0) is 82.0 Å². The maximum Gasteiger partial charge on any atom is 0.306 e. The highest BCUT2D eigenvalue weighted by Crippen LogP contribution is 2.33. The molecule has 32 heavy (non-hydrogen) atoms. The minimum absolute atomic E-state index is 0.0288. The lowest BCUT2D eigenvalue weighted by Gasteiger charge is -2.15. The molecule has 1 saturated carbocycles. The number of anilines is 1. The van der Waals surface area contributed by atoms with E-state index in [1.165, 1.54) is 0 Å². The Balaban J connectivity index is 1.48. The van der Waals surface area contributed by atoms with Crippen LogP contribution >= 0.6 is 11.6 Å². The van der Waals surface area contributed by atoms with Gasteiger partial charge in [-0.3, -0.25) is 4.79 Å². The van der Waals surface area contributed by atoms with Crippen LogP contribution in [0.1, 0.15) is 38.7 Å². The SMILES string of the molecule is Cc1cc(NC2CC[C@H](C(=O)O)C2)ccc1-c1noc(-c2ccc(OC(C)C)c(Cl)c2)n1. The van der Waals surface area contributed by atoms with Gasteiger partial charge in [0.2, 0.25) is 5.82 Å². The van der Waals surface area contributed by atoms with E-state index in [9.17, 15) is 9.90 Å². The number of ether oxygens (including phenoxy) is 1. The van der Waals surface area contributed by atoms with Gasteiger partial charge in [-0.1, -0.05) is 16.8 Å². The predicted octanol–water partition coefficient (Wildman–Crippen LogP) is 5.82. The number of hydrogen-bond donors (Lipinski definition) is 2. The maximum absolute atomic E-state index is 11.2. The minimum atomic E-state index is -0.711. The zero-order chi connectivity index (χ0) is 22.8. The maximum atomic E-state index is 11.2. The van der Waals surface area contributed by atoms with E-state index in [1.807, 2.05) is 45.0 Å². The molecule has 0 aliphatic heterocycles. The second-order valence-corrected chi connectivity index (χ2v) is 8.86. The molecule has 7 nitrogen and oxygen atoms in total. The van der Waals surface area contributed by atoms with Gasteiger partial charge < -0.3 is 19.7 Å². The van der Waals surface area contributed by atoms with Gasteiger partial charge in [-0.2, -0.15) is 4.98 Å². The fourth-order valence-electron chi connectivity index (χ4n) is 4.01. The molecule has 8 heteroatoms. The highest BCUT2D eigenvalue weighted by atomic mass is 35.5. The highest BCUT2D eigenvalue weighted by Gasteiger charge is 2.29. The fraction of sp³-hybridized carbons (Fsp3) is 0.375. The number of nitrogens with zero attached hydrogens (tertiary/aromatic N) is 2. The van der Waals surface area contributed by atoms with Crippen LogP contribution in [0, 0.1) is 12.8 Å². The van der Waals surface area contributed by atoms with Gasteiger partial charge in [0, 0.05) is 22.9 Å². The Hall–Kier alpha value is -3.06. The van der Waals surface area contributed by atoms with Crippen LogP contribution in [0.15, 0.2) is 40.9 Å². The molecule has 0 spiro atoms. The smallest absolute Gasteiger partial charge is 0.306 e. The van der Waals surface area contributed by atoms with Crippen molar-refractivity contribution in [3.63, 3.8) is 0 Å². The number of hydrogen-bond acceptors (Lipinski definition) is 6. The molecule has 1 heterocycles. The number of rotatable bonds is 7. The molecule has 4 rings (SSSR count). The van der Waals surface area contributed by atoms with Crippen molar-refractivity contribution < 1.29 is 19.2 Å². The zero-order valence-corrected chi connectivity index (χ0v) is 19.0. The molecule has 2 aromatic carbocycles. The molecule has 0 saturated heterocycles. The van der Waals surface area contributed by atoms with E-state index in [1.54, 1.807) is 12.1 Å². The molecule has 2 N–H and O–H groups in total. The van der Waals surface area contributed by atoms with Gasteiger partial charge in [0.25, 0.3) is 5.89 Å². The molecule has 1 aliphatic rings. The second kappa shape index (κ2) is 9.20. The number of halogens is 1. The molecule has 0 radical (unpaired) electrons. The summed E-state index contributed by atoms with van der Waals surface area (Å²) in [5, 5.41) is 17.3. The number of carboxylic acids is 1. The van der Waals surface area contributed by atoms with Gasteiger partial charge in [-0.15, -0.1) is 0 Å². The van der Waals surface area contributed by atoms with E-state index >= 15 is 0 Å². The minimum Gasteiger partial charge on any atom is -0.489 e. The number of carbonyl (C=O) groups is 1. The number of aliphatic carboxylic acids is 1. The summed E-state index contributed by atoms with van der Waals surface area (Å²) in [7, 11) is 0. The summed E-state index contributed by atoms with van der Waals surface area (Å²) in [6.45, 7) is 5.87. The molecule has 0 bridgehead atoms. The van der Waals surface area contributed by atoms with Crippen LogP contribution in [0.25, 0.3) is 22.8 Å². The van der Waals surface area contributed by atoms with Gasteiger partial charge in [0.05, 0.1) is 17.0 Å². The first-order valence-electron chi connectivity index (χ1n) is 10.7. The quantitative estimate of drug-likeness (QED) is 0.463. The van der Waals surface area contributed by atoms with Gasteiger partial charge in [0.15, 0.2) is 0 Å². The van der Waals surface area contributed by atoms with Crippen molar-refractivity contribution in [3.8, 4) is 28.6 Å². The van der Waals surface area contributed by atoms with E-state index in [2.05, 4.69) is 15.5 Å².